The van der Waals surface area contributed by atoms with Crippen LogP contribution in [-0.2, 0) is 11.3 Å². The molecule has 2 aromatic rings. The zero-order valence-corrected chi connectivity index (χ0v) is 12.1. The molecule has 0 radical (unpaired) electrons. The first-order chi connectivity index (χ1) is 10.4. The molecule has 3 nitrogen and oxygen atoms in total. The quantitative estimate of drug-likeness (QED) is 0.892. The predicted molar refractivity (Wildman–Crippen MR) is 84.4 cm³/mol. The fourth-order valence-corrected chi connectivity index (χ4v) is 2.40. The average molecular weight is 283 g/mol. The number of hydrogen-bond donors (Lipinski definition) is 1. The molecule has 2 aromatic carbocycles. The van der Waals surface area contributed by atoms with Gasteiger partial charge in [0.2, 0.25) is 0 Å². The van der Waals surface area contributed by atoms with Crippen LogP contribution in [0, 0.1) is 0 Å². The van der Waals surface area contributed by atoms with Gasteiger partial charge in [-0.05, 0) is 42.7 Å². The summed E-state index contributed by atoms with van der Waals surface area (Å²) in [7, 11) is 0. The Bertz CT molecular complexity index is 533. The first-order valence-electron chi connectivity index (χ1n) is 7.56. The Labute approximate surface area is 125 Å². The normalized spacial score (nSPS) is 18.2. The van der Waals surface area contributed by atoms with Gasteiger partial charge in [-0.3, -0.25) is 0 Å². The number of para-hydroxylation sites is 1. The number of rotatable bonds is 5. The Morgan fingerprint density at radius 2 is 1.81 bits per heavy atom. The van der Waals surface area contributed by atoms with Gasteiger partial charge in [0, 0.05) is 18.7 Å². The van der Waals surface area contributed by atoms with Gasteiger partial charge in [0.1, 0.15) is 5.75 Å². The highest BCUT2D eigenvalue weighted by atomic mass is 16.7. The van der Waals surface area contributed by atoms with Crippen molar-refractivity contribution in [3.63, 3.8) is 0 Å². The zero-order chi connectivity index (χ0) is 14.3. The van der Waals surface area contributed by atoms with Crippen LogP contribution in [0.3, 0.4) is 0 Å². The van der Waals surface area contributed by atoms with Crippen LogP contribution in [0.25, 0.3) is 0 Å². The minimum atomic E-state index is -0.0768. The van der Waals surface area contributed by atoms with E-state index in [2.05, 4.69) is 29.6 Å². The van der Waals surface area contributed by atoms with Crippen LogP contribution in [0.2, 0.25) is 0 Å². The van der Waals surface area contributed by atoms with Crippen molar-refractivity contribution in [2.24, 2.45) is 0 Å². The van der Waals surface area contributed by atoms with Crippen LogP contribution in [0.5, 0.6) is 5.75 Å². The summed E-state index contributed by atoms with van der Waals surface area (Å²) in [5, 5.41) is 3.40. The molecule has 1 heterocycles. The third kappa shape index (κ3) is 4.23. The average Bonchev–Trinajstić information content (AvgIpc) is 2.56. The molecule has 1 aliphatic rings. The molecule has 0 aromatic heterocycles. The summed E-state index contributed by atoms with van der Waals surface area (Å²) in [6, 6.07) is 18.4. The maximum atomic E-state index is 5.83. The Morgan fingerprint density at radius 3 is 2.52 bits per heavy atom. The lowest BCUT2D eigenvalue weighted by Gasteiger charge is -2.23. The van der Waals surface area contributed by atoms with Crippen LogP contribution >= 0.6 is 0 Å². The van der Waals surface area contributed by atoms with Crippen molar-refractivity contribution in [2.45, 2.75) is 32.1 Å². The van der Waals surface area contributed by atoms with E-state index >= 15 is 0 Å². The Morgan fingerprint density at radius 1 is 1.00 bits per heavy atom. The molecule has 0 spiro atoms. The Hall–Kier alpha value is -2.00. The highest BCUT2D eigenvalue weighted by Crippen LogP contribution is 2.20. The summed E-state index contributed by atoms with van der Waals surface area (Å²) in [6.45, 7) is 1.62. The van der Waals surface area contributed by atoms with Gasteiger partial charge in [-0.1, -0.05) is 30.3 Å². The van der Waals surface area contributed by atoms with Gasteiger partial charge >= 0.3 is 0 Å². The number of ether oxygens (including phenoxy) is 2. The minimum absolute atomic E-state index is 0.0768. The molecule has 0 bridgehead atoms. The molecule has 0 saturated carbocycles. The molecule has 1 saturated heterocycles. The number of anilines is 1. The Kier molecular flexibility index (Phi) is 4.74. The summed E-state index contributed by atoms with van der Waals surface area (Å²) < 4.78 is 11.4. The first kappa shape index (κ1) is 14.0. The standard InChI is InChI=1S/C18H21NO2/c1-2-6-16(7-3-1)19-14-15-9-11-17(12-10-15)21-18-8-4-5-13-20-18/h1-3,6-7,9-12,18-19H,4-5,8,13-14H2. The van der Waals surface area contributed by atoms with Gasteiger partial charge < -0.3 is 14.8 Å². The fourth-order valence-electron chi connectivity index (χ4n) is 2.40. The molecular weight excluding hydrogens is 262 g/mol. The maximum absolute atomic E-state index is 5.83. The molecule has 3 rings (SSSR count). The van der Waals surface area contributed by atoms with Crippen molar-refractivity contribution in [3.05, 3.63) is 60.2 Å². The van der Waals surface area contributed by atoms with Crippen LogP contribution < -0.4 is 10.1 Å². The number of nitrogens with one attached hydrogen (secondary N) is 1. The maximum Gasteiger partial charge on any atom is 0.199 e. The van der Waals surface area contributed by atoms with E-state index in [9.17, 15) is 0 Å². The molecule has 1 N–H and O–H groups in total. The SMILES string of the molecule is c1ccc(NCc2ccc(OC3CCCCO3)cc2)cc1. The summed E-state index contributed by atoms with van der Waals surface area (Å²) in [5.74, 6) is 0.880. The van der Waals surface area contributed by atoms with Crippen molar-refractivity contribution >= 4 is 5.69 Å². The summed E-state index contributed by atoms with van der Waals surface area (Å²) in [6.07, 6.45) is 3.23. The molecule has 1 aliphatic heterocycles. The molecule has 1 fully saturated rings. The van der Waals surface area contributed by atoms with Gasteiger partial charge in [-0.2, -0.15) is 0 Å². The number of hydrogen-bond acceptors (Lipinski definition) is 3. The van der Waals surface area contributed by atoms with Crippen molar-refractivity contribution in [2.75, 3.05) is 11.9 Å². The van der Waals surface area contributed by atoms with Gasteiger partial charge in [-0.25, -0.2) is 0 Å². The van der Waals surface area contributed by atoms with Crippen molar-refractivity contribution in [1.82, 2.24) is 0 Å². The van der Waals surface area contributed by atoms with E-state index in [-0.39, 0.29) is 6.29 Å². The van der Waals surface area contributed by atoms with Crippen molar-refractivity contribution in [3.8, 4) is 5.75 Å². The highest BCUT2D eigenvalue weighted by Gasteiger charge is 2.14. The van der Waals surface area contributed by atoms with Gasteiger partial charge in [0.05, 0.1) is 6.61 Å². The molecule has 3 heteroatoms. The van der Waals surface area contributed by atoms with Gasteiger partial charge in [0.25, 0.3) is 0 Å². The predicted octanol–water partition coefficient (Wildman–Crippen LogP) is 4.20. The molecular formula is C18H21NO2. The van der Waals surface area contributed by atoms with E-state index in [1.54, 1.807) is 0 Å². The van der Waals surface area contributed by atoms with Gasteiger partial charge in [0.15, 0.2) is 6.29 Å². The second-order valence-electron chi connectivity index (χ2n) is 5.28. The smallest absolute Gasteiger partial charge is 0.199 e. The van der Waals surface area contributed by atoms with Crippen LogP contribution in [0.15, 0.2) is 54.6 Å². The monoisotopic (exact) mass is 283 g/mol. The third-order valence-corrected chi connectivity index (χ3v) is 3.60. The van der Waals surface area contributed by atoms with Crippen molar-refractivity contribution in [1.29, 1.82) is 0 Å². The first-order valence-corrected chi connectivity index (χ1v) is 7.56. The van der Waals surface area contributed by atoms with Gasteiger partial charge in [-0.15, -0.1) is 0 Å². The van der Waals surface area contributed by atoms with E-state index in [1.165, 1.54) is 12.0 Å². The summed E-state index contributed by atoms with van der Waals surface area (Å²) in [5.41, 5.74) is 2.36. The molecule has 1 unspecified atom stereocenters. The van der Waals surface area contributed by atoms with E-state index in [4.69, 9.17) is 9.47 Å². The fraction of sp³-hybridized carbons (Fsp3) is 0.333. The number of benzene rings is 2. The lowest BCUT2D eigenvalue weighted by atomic mass is 10.2. The molecule has 1 atom stereocenters. The topological polar surface area (TPSA) is 30.5 Å². The molecule has 0 aliphatic carbocycles. The van der Waals surface area contributed by atoms with E-state index in [0.29, 0.717) is 0 Å². The van der Waals surface area contributed by atoms with Crippen LogP contribution in [-0.4, -0.2) is 12.9 Å². The van der Waals surface area contributed by atoms with E-state index in [0.717, 1.165) is 37.4 Å². The second kappa shape index (κ2) is 7.14. The van der Waals surface area contributed by atoms with E-state index in [1.807, 2.05) is 30.3 Å². The summed E-state index contributed by atoms with van der Waals surface area (Å²) >= 11 is 0. The zero-order valence-electron chi connectivity index (χ0n) is 12.1. The highest BCUT2D eigenvalue weighted by molar-refractivity contribution is 5.43. The molecule has 0 amide bonds. The lowest BCUT2D eigenvalue weighted by molar-refractivity contribution is -0.105. The summed E-state index contributed by atoms with van der Waals surface area (Å²) in [4.78, 5) is 0. The second-order valence-corrected chi connectivity index (χ2v) is 5.28. The Balaban J connectivity index is 1.51. The van der Waals surface area contributed by atoms with E-state index < -0.39 is 0 Å². The third-order valence-electron chi connectivity index (χ3n) is 3.60. The molecule has 21 heavy (non-hydrogen) atoms. The minimum Gasteiger partial charge on any atom is -0.465 e. The lowest BCUT2D eigenvalue weighted by Crippen LogP contribution is -2.24. The largest absolute Gasteiger partial charge is 0.465 e. The van der Waals surface area contributed by atoms with Crippen molar-refractivity contribution < 1.29 is 9.47 Å². The molecule has 110 valence electrons. The van der Waals surface area contributed by atoms with Crippen LogP contribution in [0.4, 0.5) is 5.69 Å². The van der Waals surface area contributed by atoms with Crippen LogP contribution in [0.1, 0.15) is 24.8 Å².